The summed E-state index contributed by atoms with van der Waals surface area (Å²) in [5.74, 6) is 0. The molecule has 0 bridgehead atoms. The zero-order valence-corrected chi connectivity index (χ0v) is 10.9. The van der Waals surface area contributed by atoms with Gasteiger partial charge in [0.1, 0.15) is 5.69 Å². The summed E-state index contributed by atoms with van der Waals surface area (Å²) in [5, 5.41) is 16.5. The fourth-order valence-electron chi connectivity index (χ4n) is 1.38. The highest BCUT2D eigenvalue weighted by Crippen LogP contribution is 2.15. The molecule has 0 fully saturated rings. The lowest BCUT2D eigenvalue weighted by molar-refractivity contribution is -0.142. The zero-order valence-electron chi connectivity index (χ0n) is 10.9. The monoisotopic (exact) mass is 259 g/mol. The Kier molecular flexibility index (Phi) is 7.51. The van der Waals surface area contributed by atoms with Gasteiger partial charge in [0, 0.05) is 13.2 Å². The third-order valence-corrected chi connectivity index (χ3v) is 2.13. The Labute approximate surface area is 107 Å². The van der Waals surface area contributed by atoms with Crippen molar-refractivity contribution in [3.8, 4) is 0 Å². The second kappa shape index (κ2) is 8.98. The molecule has 0 saturated carbocycles. The summed E-state index contributed by atoms with van der Waals surface area (Å²) in [7, 11) is 0. The average Bonchev–Trinajstić information content (AvgIpc) is 2.83. The summed E-state index contributed by atoms with van der Waals surface area (Å²) < 4.78 is 17.7. The second-order valence-electron chi connectivity index (χ2n) is 3.49. The zero-order chi connectivity index (χ0) is 13.2. The number of hydrogen-bond acceptors (Lipinski definition) is 6. The van der Waals surface area contributed by atoms with Crippen molar-refractivity contribution in [1.82, 2.24) is 15.0 Å². The molecule has 0 aromatic carbocycles. The maximum absolute atomic E-state index is 8.57. The predicted molar refractivity (Wildman–Crippen MR) is 63.9 cm³/mol. The van der Waals surface area contributed by atoms with Gasteiger partial charge in [-0.2, -0.15) is 0 Å². The van der Waals surface area contributed by atoms with Crippen LogP contribution in [0.15, 0.2) is 6.20 Å². The van der Waals surface area contributed by atoms with Crippen molar-refractivity contribution in [2.75, 3.05) is 33.0 Å². The number of aliphatic hydroxyl groups excluding tert-OH is 1. The van der Waals surface area contributed by atoms with Gasteiger partial charge in [0.05, 0.1) is 32.6 Å². The van der Waals surface area contributed by atoms with E-state index in [-0.39, 0.29) is 6.61 Å². The van der Waals surface area contributed by atoms with Gasteiger partial charge in [-0.05, 0) is 13.8 Å². The molecule has 18 heavy (non-hydrogen) atoms. The number of ether oxygens (including phenoxy) is 3. The maximum Gasteiger partial charge on any atom is 0.204 e. The summed E-state index contributed by atoms with van der Waals surface area (Å²) >= 11 is 0. The minimum absolute atomic E-state index is 0.0271. The Balaban J connectivity index is 2.44. The molecule has 1 aromatic rings. The van der Waals surface area contributed by atoms with Crippen LogP contribution < -0.4 is 0 Å². The molecule has 0 saturated heterocycles. The Morgan fingerprint density at radius 1 is 1.28 bits per heavy atom. The van der Waals surface area contributed by atoms with Crippen LogP contribution in [0.25, 0.3) is 0 Å². The summed E-state index contributed by atoms with van der Waals surface area (Å²) in [6.07, 6.45) is 1.31. The van der Waals surface area contributed by atoms with Crippen LogP contribution in [0.3, 0.4) is 0 Å². The summed E-state index contributed by atoms with van der Waals surface area (Å²) in [5.41, 5.74) is 0.654. The third-order valence-electron chi connectivity index (χ3n) is 2.13. The van der Waals surface area contributed by atoms with E-state index in [0.29, 0.717) is 38.7 Å². The molecular weight excluding hydrogens is 238 g/mol. The number of rotatable bonds is 10. The molecule has 0 aliphatic rings. The lowest BCUT2D eigenvalue weighted by Crippen LogP contribution is -2.10. The normalized spacial score (nSPS) is 11.3. The lowest BCUT2D eigenvalue weighted by atomic mass is 10.4. The molecule has 1 aromatic heterocycles. The highest BCUT2D eigenvalue weighted by molar-refractivity contribution is 4.94. The van der Waals surface area contributed by atoms with Crippen molar-refractivity contribution in [3.05, 3.63) is 11.9 Å². The SMILES string of the molecule is CCOC(OCC)c1cn(CCOCCO)nn1. The van der Waals surface area contributed by atoms with Gasteiger partial charge in [-0.1, -0.05) is 5.21 Å². The first-order chi connectivity index (χ1) is 8.81. The molecule has 0 aliphatic carbocycles. The summed E-state index contributed by atoms with van der Waals surface area (Å²) in [6, 6.07) is 0. The first kappa shape index (κ1) is 15.0. The van der Waals surface area contributed by atoms with E-state index < -0.39 is 6.29 Å². The molecule has 0 aliphatic heterocycles. The van der Waals surface area contributed by atoms with Crippen LogP contribution in [-0.2, 0) is 20.8 Å². The van der Waals surface area contributed by atoms with Crippen molar-refractivity contribution in [2.45, 2.75) is 26.7 Å². The molecule has 0 spiro atoms. The quantitative estimate of drug-likeness (QED) is 0.483. The van der Waals surface area contributed by atoms with E-state index in [1.807, 2.05) is 13.8 Å². The van der Waals surface area contributed by atoms with Crippen molar-refractivity contribution in [2.24, 2.45) is 0 Å². The Morgan fingerprint density at radius 2 is 2.00 bits per heavy atom. The van der Waals surface area contributed by atoms with Gasteiger partial charge >= 0.3 is 0 Å². The van der Waals surface area contributed by atoms with E-state index in [2.05, 4.69) is 10.3 Å². The topological polar surface area (TPSA) is 78.6 Å². The Hall–Kier alpha value is -1.02. The smallest absolute Gasteiger partial charge is 0.204 e. The standard InChI is InChI=1S/C11H21N3O4/c1-3-17-11(18-4-2)10-9-14(13-12-10)5-7-16-8-6-15/h9,11,15H,3-8H2,1-2H3. The Bertz CT molecular complexity index is 313. The van der Waals surface area contributed by atoms with Crippen molar-refractivity contribution in [1.29, 1.82) is 0 Å². The lowest BCUT2D eigenvalue weighted by Gasteiger charge is -2.13. The van der Waals surface area contributed by atoms with Crippen LogP contribution in [0.1, 0.15) is 25.8 Å². The van der Waals surface area contributed by atoms with Gasteiger partial charge in [-0.3, -0.25) is 0 Å². The van der Waals surface area contributed by atoms with E-state index in [1.54, 1.807) is 10.9 Å². The molecular formula is C11H21N3O4. The van der Waals surface area contributed by atoms with Crippen molar-refractivity contribution < 1.29 is 19.3 Å². The molecule has 0 radical (unpaired) electrons. The largest absolute Gasteiger partial charge is 0.394 e. The molecule has 7 nitrogen and oxygen atoms in total. The van der Waals surface area contributed by atoms with Gasteiger partial charge in [0.15, 0.2) is 0 Å². The predicted octanol–water partition coefficient (Wildman–Crippen LogP) is 0.359. The molecule has 7 heteroatoms. The summed E-state index contributed by atoms with van der Waals surface area (Å²) in [6.45, 7) is 6.34. The molecule has 0 atom stereocenters. The van der Waals surface area contributed by atoms with Crippen LogP contribution in [0.2, 0.25) is 0 Å². The minimum Gasteiger partial charge on any atom is -0.394 e. The van der Waals surface area contributed by atoms with Crippen LogP contribution in [0.5, 0.6) is 0 Å². The molecule has 1 heterocycles. The van der Waals surface area contributed by atoms with Crippen LogP contribution in [0, 0.1) is 0 Å². The molecule has 1 rings (SSSR count). The first-order valence-electron chi connectivity index (χ1n) is 6.13. The fraction of sp³-hybridized carbons (Fsp3) is 0.818. The summed E-state index contributed by atoms with van der Waals surface area (Å²) in [4.78, 5) is 0. The van der Waals surface area contributed by atoms with Gasteiger partial charge < -0.3 is 19.3 Å². The number of aliphatic hydroxyl groups is 1. The van der Waals surface area contributed by atoms with E-state index in [0.717, 1.165) is 0 Å². The highest BCUT2D eigenvalue weighted by Gasteiger charge is 2.15. The van der Waals surface area contributed by atoms with Gasteiger partial charge in [0.25, 0.3) is 0 Å². The second-order valence-corrected chi connectivity index (χ2v) is 3.49. The number of aromatic nitrogens is 3. The molecule has 0 amide bonds. The van der Waals surface area contributed by atoms with Crippen LogP contribution in [0.4, 0.5) is 0 Å². The van der Waals surface area contributed by atoms with Gasteiger partial charge in [0.2, 0.25) is 6.29 Å². The first-order valence-corrected chi connectivity index (χ1v) is 6.13. The van der Waals surface area contributed by atoms with Crippen LogP contribution >= 0.6 is 0 Å². The number of hydrogen-bond donors (Lipinski definition) is 1. The molecule has 0 unspecified atom stereocenters. The van der Waals surface area contributed by atoms with E-state index >= 15 is 0 Å². The number of nitrogens with zero attached hydrogens (tertiary/aromatic N) is 3. The maximum atomic E-state index is 8.57. The molecule has 104 valence electrons. The highest BCUT2D eigenvalue weighted by atomic mass is 16.7. The Morgan fingerprint density at radius 3 is 2.61 bits per heavy atom. The van der Waals surface area contributed by atoms with Crippen molar-refractivity contribution in [3.63, 3.8) is 0 Å². The third kappa shape index (κ3) is 5.09. The average molecular weight is 259 g/mol. The van der Waals surface area contributed by atoms with Crippen LogP contribution in [-0.4, -0.2) is 53.1 Å². The van der Waals surface area contributed by atoms with Crippen molar-refractivity contribution >= 4 is 0 Å². The van der Waals surface area contributed by atoms with E-state index in [1.165, 1.54) is 0 Å². The van der Waals surface area contributed by atoms with Gasteiger partial charge in [-0.25, -0.2) is 4.68 Å². The van der Waals surface area contributed by atoms with Gasteiger partial charge in [-0.15, -0.1) is 5.10 Å². The van der Waals surface area contributed by atoms with E-state index in [9.17, 15) is 0 Å². The fourth-order valence-corrected chi connectivity index (χ4v) is 1.38. The molecule has 1 N–H and O–H groups in total. The van der Waals surface area contributed by atoms with E-state index in [4.69, 9.17) is 19.3 Å². The minimum atomic E-state index is -0.466.